The third kappa shape index (κ3) is 2.36. The van der Waals surface area contributed by atoms with Crippen molar-refractivity contribution in [2.75, 3.05) is 14.2 Å². The largest absolute Gasteiger partial charge is 0.397 e. The fraction of sp³-hybridized carbons (Fsp3) is 1.00. The SMILES string of the molecule is CO[Si]1(OC)C(C(C)C)CCCC1C(C)C. The van der Waals surface area contributed by atoms with Crippen molar-refractivity contribution in [2.45, 2.75) is 58.0 Å². The molecule has 0 amide bonds. The van der Waals surface area contributed by atoms with E-state index in [-0.39, 0.29) is 0 Å². The van der Waals surface area contributed by atoms with E-state index >= 15 is 0 Å². The predicted octanol–water partition coefficient (Wildman–Crippen LogP) is 3.96. The second-order valence-corrected chi connectivity index (χ2v) is 9.50. The summed E-state index contributed by atoms with van der Waals surface area (Å²) in [7, 11) is 1.72. The minimum Gasteiger partial charge on any atom is -0.397 e. The number of hydrogen-bond acceptors (Lipinski definition) is 2. The molecule has 0 spiro atoms. The minimum atomic E-state index is -2.02. The Morgan fingerprint density at radius 2 is 1.25 bits per heavy atom. The van der Waals surface area contributed by atoms with Crippen LogP contribution in [-0.2, 0) is 8.85 Å². The molecular formula is C13H28O2Si. The summed E-state index contributed by atoms with van der Waals surface area (Å²) in [6.07, 6.45) is 3.91. The highest BCUT2D eigenvalue weighted by molar-refractivity contribution is 6.70. The van der Waals surface area contributed by atoms with Crippen LogP contribution in [0.25, 0.3) is 0 Å². The van der Waals surface area contributed by atoms with Crippen LogP contribution in [0.5, 0.6) is 0 Å². The van der Waals surface area contributed by atoms with Gasteiger partial charge in [0.1, 0.15) is 0 Å². The topological polar surface area (TPSA) is 18.5 Å². The Labute approximate surface area is 102 Å². The molecule has 1 aliphatic heterocycles. The van der Waals surface area contributed by atoms with Crippen LogP contribution in [0.1, 0.15) is 47.0 Å². The van der Waals surface area contributed by atoms with Crippen LogP contribution < -0.4 is 0 Å². The molecule has 2 unspecified atom stereocenters. The van der Waals surface area contributed by atoms with Crippen LogP contribution >= 0.6 is 0 Å². The third-order valence-electron chi connectivity index (χ3n) is 4.31. The molecule has 0 aromatic carbocycles. The van der Waals surface area contributed by atoms with E-state index in [1.165, 1.54) is 19.3 Å². The summed E-state index contributed by atoms with van der Waals surface area (Å²) in [5.41, 5.74) is 1.31. The van der Waals surface area contributed by atoms with E-state index in [2.05, 4.69) is 27.7 Å². The quantitative estimate of drug-likeness (QED) is 0.697. The van der Waals surface area contributed by atoms with E-state index in [1.807, 2.05) is 14.2 Å². The highest BCUT2D eigenvalue weighted by atomic mass is 28.4. The maximum Gasteiger partial charge on any atom is 0.344 e. The molecule has 1 rings (SSSR count). The van der Waals surface area contributed by atoms with Crippen molar-refractivity contribution in [1.82, 2.24) is 0 Å². The zero-order chi connectivity index (χ0) is 12.3. The Morgan fingerprint density at radius 1 is 0.875 bits per heavy atom. The standard InChI is InChI=1S/C13H28O2Si/c1-10(2)12-8-7-9-13(11(3)4)16(12,14-5)15-6/h10-13H,7-9H2,1-6H3. The van der Waals surface area contributed by atoms with Gasteiger partial charge in [-0.3, -0.25) is 0 Å². The first kappa shape index (κ1) is 14.2. The first-order valence-electron chi connectivity index (χ1n) is 6.59. The van der Waals surface area contributed by atoms with Crippen LogP contribution in [-0.4, -0.2) is 22.8 Å². The highest BCUT2D eigenvalue weighted by Gasteiger charge is 2.54. The maximum atomic E-state index is 5.99. The molecule has 0 radical (unpaired) electrons. The zero-order valence-corrected chi connectivity index (χ0v) is 12.7. The smallest absolute Gasteiger partial charge is 0.344 e. The summed E-state index contributed by atoms with van der Waals surface area (Å²) in [5, 5.41) is 0. The fourth-order valence-electron chi connectivity index (χ4n) is 3.52. The van der Waals surface area contributed by atoms with Crippen molar-refractivity contribution < 1.29 is 8.85 Å². The van der Waals surface area contributed by atoms with Crippen molar-refractivity contribution in [2.24, 2.45) is 11.8 Å². The van der Waals surface area contributed by atoms with Crippen molar-refractivity contribution in [3.05, 3.63) is 0 Å². The Morgan fingerprint density at radius 3 is 1.50 bits per heavy atom. The lowest BCUT2D eigenvalue weighted by atomic mass is 9.98. The summed E-state index contributed by atoms with van der Waals surface area (Å²) in [6, 6.07) is 0. The van der Waals surface area contributed by atoms with Crippen LogP contribution in [0, 0.1) is 11.8 Å². The van der Waals surface area contributed by atoms with Gasteiger partial charge in [-0.2, -0.15) is 0 Å². The molecule has 1 fully saturated rings. The Balaban J connectivity index is 3.02. The van der Waals surface area contributed by atoms with Crippen molar-refractivity contribution in [3.8, 4) is 0 Å². The van der Waals surface area contributed by atoms with Crippen LogP contribution in [0.4, 0.5) is 0 Å². The molecule has 1 saturated heterocycles. The average Bonchev–Trinajstić information content (AvgIpc) is 2.27. The lowest BCUT2D eigenvalue weighted by Crippen LogP contribution is -2.54. The van der Waals surface area contributed by atoms with E-state index in [9.17, 15) is 0 Å². The fourth-order valence-corrected chi connectivity index (χ4v) is 8.52. The van der Waals surface area contributed by atoms with Gasteiger partial charge in [-0.1, -0.05) is 34.1 Å². The van der Waals surface area contributed by atoms with E-state index < -0.39 is 8.56 Å². The first-order valence-corrected chi connectivity index (χ1v) is 8.57. The zero-order valence-electron chi connectivity index (χ0n) is 11.7. The van der Waals surface area contributed by atoms with Crippen molar-refractivity contribution >= 4 is 8.56 Å². The highest BCUT2D eigenvalue weighted by Crippen LogP contribution is 2.51. The molecule has 96 valence electrons. The maximum absolute atomic E-state index is 5.99. The van der Waals surface area contributed by atoms with E-state index in [1.54, 1.807) is 0 Å². The first-order chi connectivity index (χ1) is 7.49. The molecule has 2 nitrogen and oxygen atoms in total. The third-order valence-corrected chi connectivity index (χ3v) is 9.57. The summed E-state index contributed by atoms with van der Waals surface area (Å²) in [6.45, 7) is 9.25. The second kappa shape index (κ2) is 5.65. The van der Waals surface area contributed by atoms with Gasteiger partial charge in [0.25, 0.3) is 0 Å². The van der Waals surface area contributed by atoms with E-state index in [4.69, 9.17) is 8.85 Å². The van der Waals surface area contributed by atoms with Crippen LogP contribution in [0.2, 0.25) is 11.1 Å². The van der Waals surface area contributed by atoms with E-state index in [0.717, 1.165) is 0 Å². The summed E-state index contributed by atoms with van der Waals surface area (Å²) in [4.78, 5) is 0. The molecule has 16 heavy (non-hydrogen) atoms. The molecule has 0 bridgehead atoms. The Bertz CT molecular complexity index is 194. The van der Waals surface area contributed by atoms with Gasteiger partial charge in [-0.15, -0.1) is 0 Å². The average molecular weight is 244 g/mol. The summed E-state index contributed by atoms with van der Waals surface area (Å²) in [5.74, 6) is 1.35. The van der Waals surface area contributed by atoms with Crippen LogP contribution in [0.3, 0.4) is 0 Å². The van der Waals surface area contributed by atoms with Gasteiger partial charge in [-0.25, -0.2) is 0 Å². The number of hydrogen-bond donors (Lipinski definition) is 0. The van der Waals surface area contributed by atoms with Gasteiger partial charge in [0.2, 0.25) is 0 Å². The Hall–Kier alpha value is 0.137. The lowest BCUT2D eigenvalue weighted by molar-refractivity contribution is 0.174. The normalized spacial score (nSPS) is 30.0. The predicted molar refractivity (Wildman–Crippen MR) is 70.8 cm³/mol. The molecule has 0 aromatic rings. The van der Waals surface area contributed by atoms with Gasteiger partial charge in [-0.05, 0) is 24.7 Å². The molecule has 0 saturated carbocycles. The lowest BCUT2D eigenvalue weighted by Gasteiger charge is -2.47. The molecular weight excluding hydrogens is 216 g/mol. The monoisotopic (exact) mass is 244 g/mol. The molecule has 0 aliphatic carbocycles. The van der Waals surface area contributed by atoms with Gasteiger partial charge in [0.15, 0.2) is 0 Å². The molecule has 2 atom stereocenters. The molecule has 3 heteroatoms. The molecule has 1 heterocycles. The summed E-state index contributed by atoms with van der Waals surface area (Å²) < 4.78 is 12.0. The van der Waals surface area contributed by atoms with Gasteiger partial charge >= 0.3 is 8.56 Å². The van der Waals surface area contributed by atoms with Crippen molar-refractivity contribution in [3.63, 3.8) is 0 Å². The molecule has 0 N–H and O–H groups in total. The molecule has 1 aliphatic rings. The summed E-state index contributed by atoms with van der Waals surface area (Å²) >= 11 is 0. The Kier molecular flexibility index (Phi) is 5.01. The van der Waals surface area contributed by atoms with Crippen molar-refractivity contribution in [1.29, 1.82) is 0 Å². The second-order valence-electron chi connectivity index (χ2n) is 5.76. The van der Waals surface area contributed by atoms with Gasteiger partial charge < -0.3 is 8.85 Å². The van der Waals surface area contributed by atoms with Crippen LogP contribution in [0.15, 0.2) is 0 Å². The van der Waals surface area contributed by atoms with E-state index in [0.29, 0.717) is 22.9 Å². The molecule has 0 aromatic heterocycles. The minimum absolute atomic E-state index is 0.656. The van der Waals surface area contributed by atoms with Gasteiger partial charge in [0.05, 0.1) is 0 Å². The van der Waals surface area contributed by atoms with Gasteiger partial charge in [0, 0.05) is 25.3 Å². The number of rotatable bonds is 4.